The molecular formula is C20H18FN3O4. The normalized spacial score (nSPS) is 10.4. The van der Waals surface area contributed by atoms with Gasteiger partial charge >= 0.3 is 0 Å². The Hall–Kier alpha value is -3.68. The lowest BCUT2D eigenvalue weighted by Gasteiger charge is -2.12. The highest BCUT2D eigenvalue weighted by Gasteiger charge is 2.13. The number of nitrogens with one attached hydrogen (secondary N) is 1. The second-order valence-corrected chi connectivity index (χ2v) is 5.81. The van der Waals surface area contributed by atoms with Crippen molar-refractivity contribution >= 4 is 11.6 Å². The summed E-state index contributed by atoms with van der Waals surface area (Å²) in [6.45, 7) is -0.346. The van der Waals surface area contributed by atoms with Gasteiger partial charge in [-0.3, -0.25) is 9.59 Å². The first-order chi connectivity index (χ1) is 13.5. The van der Waals surface area contributed by atoms with Crippen LogP contribution in [0.5, 0.6) is 11.5 Å². The van der Waals surface area contributed by atoms with Crippen molar-refractivity contribution in [1.82, 2.24) is 9.78 Å². The van der Waals surface area contributed by atoms with Gasteiger partial charge in [0.05, 0.1) is 25.6 Å². The van der Waals surface area contributed by atoms with E-state index in [2.05, 4.69) is 10.4 Å². The third-order valence-electron chi connectivity index (χ3n) is 3.99. The molecule has 0 atom stereocenters. The van der Waals surface area contributed by atoms with Crippen LogP contribution in [0.3, 0.4) is 0 Å². The van der Waals surface area contributed by atoms with Crippen molar-refractivity contribution in [2.75, 3.05) is 19.5 Å². The summed E-state index contributed by atoms with van der Waals surface area (Å²) >= 11 is 0. The van der Waals surface area contributed by atoms with Gasteiger partial charge < -0.3 is 14.8 Å². The lowest BCUT2D eigenvalue weighted by atomic mass is 10.1. The highest BCUT2D eigenvalue weighted by Crippen LogP contribution is 2.28. The monoisotopic (exact) mass is 383 g/mol. The number of hydrogen-bond donors (Lipinski definition) is 1. The van der Waals surface area contributed by atoms with Crippen molar-refractivity contribution < 1.29 is 18.7 Å². The molecule has 3 rings (SSSR count). The molecule has 1 aromatic heterocycles. The van der Waals surface area contributed by atoms with Crippen molar-refractivity contribution in [2.24, 2.45) is 0 Å². The van der Waals surface area contributed by atoms with Crippen LogP contribution in [0.25, 0.3) is 11.3 Å². The molecule has 0 aliphatic heterocycles. The molecule has 0 saturated heterocycles. The summed E-state index contributed by atoms with van der Waals surface area (Å²) in [5, 5.41) is 6.77. The van der Waals surface area contributed by atoms with Gasteiger partial charge in [-0.25, -0.2) is 9.07 Å². The summed E-state index contributed by atoms with van der Waals surface area (Å²) in [6.07, 6.45) is 0. The zero-order valence-electron chi connectivity index (χ0n) is 15.3. The van der Waals surface area contributed by atoms with Crippen LogP contribution in [0.15, 0.2) is 59.4 Å². The molecule has 0 radical (unpaired) electrons. The number of amides is 1. The van der Waals surface area contributed by atoms with Crippen LogP contribution in [0, 0.1) is 5.82 Å². The van der Waals surface area contributed by atoms with E-state index in [4.69, 9.17) is 9.47 Å². The first-order valence-corrected chi connectivity index (χ1v) is 8.37. The third kappa shape index (κ3) is 4.17. The van der Waals surface area contributed by atoms with Crippen LogP contribution in [0.1, 0.15) is 0 Å². The van der Waals surface area contributed by atoms with E-state index in [0.29, 0.717) is 17.2 Å². The molecule has 8 heteroatoms. The van der Waals surface area contributed by atoms with Crippen molar-refractivity contribution in [3.63, 3.8) is 0 Å². The summed E-state index contributed by atoms with van der Waals surface area (Å²) in [5.74, 6) is 0.0140. The van der Waals surface area contributed by atoms with Crippen molar-refractivity contribution in [2.45, 2.75) is 6.54 Å². The second kappa shape index (κ2) is 8.34. The Bertz CT molecular complexity index is 1070. The Morgan fingerprint density at radius 2 is 1.89 bits per heavy atom. The summed E-state index contributed by atoms with van der Waals surface area (Å²) in [6, 6.07) is 13.7. The van der Waals surface area contributed by atoms with Crippen LogP contribution >= 0.6 is 0 Å². The van der Waals surface area contributed by atoms with E-state index < -0.39 is 17.3 Å². The number of carbonyl (C=O) groups excluding carboxylic acids is 1. The Morgan fingerprint density at radius 1 is 1.11 bits per heavy atom. The number of methoxy groups -OCH3 is 2. The van der Waals surface area contributed by atoms with Gasteiger partial charge in [0.2, 0.25) is 5.91 Å². The molecule has 0 aliphatic rings. The molecular weight excluding hydrogens is 365 g/mol. The number of carbonyl (C=O) groups is 1. The molecule has 0 saturated carbocycles. The average molecular weight is 383 g/mol. The minimum Gasteiger partial charge on any atom is -0.497 e. The van der Waals surface area contributed by atoms with Crippen LogP contribution in [-0.2, 0) is 11.3 Å². The highest BCUT2D eigenvalue weighted by molar-refractivity contribution is 5.92. The Kier molecular flexibility index (Phi) is 5.69. The van der Waals surface area contributed by atoms with Crippen LogP contribution in [0.4, 0.5) is 10.1 Å². The third-order valence-corrected chi connectivity index (χ3v) is 3.99. The molecule has 1 amide bonds. The Morgan fingerprint density at radius 3 is 2.61 bits per heavy atom. The molecule has 28 heavy (non-hydrogen) atoms. The summed E-state index contributed by atoms with van der Waals surface area (Å²) in [4.78, 5) is 24.5. The maximum Gasteiger partial charge on any atom is 0.267 e. The van der Waals surface area contributed by atoms with Gasteiger partial charge in [0.25, 0.3) is 5.56 Å². The van der Waals surface area contributed by atoms with Gasteiger partial charge in [0.15, 0.2) is 0 Å². The fraction of sp³-hybridized carbons (Fsp3) is 0.150. The standard InChI is InChI=1S/C20H18FN3O4/c1-27-13-7-9-18(28-2)17(11-13)22-19(25)12-24-20(26)10-8-16(23-24)14-5-3-4-6-15(14)21/h3-11H,12H2,1-2H3,(H,22,25). The van der Waals surface area contributed by atoms with E-state index in [1.54, 1.807) is 36.4 Å². The van der Waals surface area contributed by atoms with Crippen LogP contribution in [0.2, 0.25) is 0 Å². The molecule has 0 aliphatic carbocycles. The molecule has 0 spiro atoms. The zero-order valence-corrected chi connectivity index (χ0v) is 15.3. The molecule has 144 valence electrons. The summed E-state index contributed by atoms with van der Waals surface area (Å²) < 4.78 is 25.3. The molecule has 1 heterocycles. The van der Waals surface area contributed by atoms with Gasteiger partial charge in [-0.15, -0.1) is 0 Å². The van der Waals surface area contributed by atoms with E-state index in [9.17, 15) is 14.0 Å². The number of rotatable bonds is 6. The number of benzene rings is 2. The van der Waals surface area contributed by atoms with Crippen molar-refractivity contribution in [3.05, 3.63) is 70.8 Å². The lowest BCUT2D eigenvalue weighted by Crippen LogP contribution is -2.29. The van der Waals surface area contributed by atoms with Gasteiger partial charge in [0, 0.05) is 17.7 Å². The molecule has 3 aromatic rings. The molecule has 0 unspecified atom stereocenters. The molecule has 0 bridgehead atoms. The maximum atomic E-state index is 14.0. The average Bonchev–Trinajstić information content (AvgIpc) is 2.70. The second-order valence-electron chi connectivity index (χ2n) is 5.81. The quantitative estimate of drug-likeness (QED) is 0.708. The topological polar surface area (TPSA) is 82.4 Å². The Balaban J connectivity index is 1.84. The fourth-order valence-corrected chi connectivity index (χ4v) is 2.61. The molecule has 7 nitrogen and oxygen atoms in total. The number of hydrogen-bond acceptors (Lipinski definition) is 5. The zero-order chi connectivity index (χ0) is 20.1. The van der Waals surface area contributed by atoms with E-state index in [1.807, 2.05) is 0 Å². The first-order valence-electron chi connectivity index (χ1n) is 8.37. The SMILES string of the molecule is COc1ccc(OC)c(NC(=O)Cn2nc(-c3ccccc3F)ccc2=O)c1. The van der Waals surface area contributed by atoms with Gasteiger partial charge in [-0.2, -0.15) is 5.10 Å². The largest absolute Gasteiger partial charge is 0.497 e. The first kappa shape index (κ1) is 19.1. The van der Waals surface area contributed by atoms with E-state index in [-0.39, 0.29) is 17.8 Å². The molecule has 0 fully saturated rings. The fourth-order valence-electron chi connectivity index (χ4n) is 2.61. The van der Waals surface area contributed by atoms with Crippen molar-refractivity contribution in [1.29, 1.82) is 0 Å². The lowest BCUT2D eigenvalue weighted by molar-refractivity contribution is -0.117. The van der Waals surface area contributed by atoms with Gasteiger partial charge in [-0.05, 0) is 30.3 Å². The summed E-state index contributed by atoms with van der Waals surface area (Å²) in [7, 11) is 2.98. The van der Waals surface area contributed by atoms with Crippen LogP contribution in [-0.4, -0.2) is 29.9 Å². The van der Waals surface area contributed by atoms with Gasteiger partial charge in [0.1, 0.15) is 23.9 Å². The van der Waals surface area contributed by atoms with E-state index >= 15 is 0 Å². The predicted octanol–water partition coefficient (Wildman–Crippen LogP) is 2.71. The smallest absolute Gasteiger partial charge is 0.267 e. The number of nitrogens with zero attached hydrogens (tertiary/aromatic N) is 2. The van der Waals surface area contributed by atoms with Gasteiger partial charge in [-0.1, -0.05) is 12.1 Å². The molecule has 2 aromatic carbocycles. The van der Waals surface area contributed by atoms with E-state index in [0.717, 1.165) is 4.68 Å². The highest BCUT2D eigenvalue weighted by atomic mass is 19.1. The molecule has 1 N–H and O–H groups in total. The number of halogens is 1. The minimum atomic E-state index is -0.494. The maximum absolute atomic E-state index is 14.0. The number of aromatic nitrogens is 2. The van der Waals surface area contributed by atoms with E-state index in [1.165, 1.54) is 32.4 Å². The number of anilines is 1. The Labute approximate surface area is 160 Å². The number of ether oxygens (including phenoxy) is 2. The van der Waals surface area contributed by atoms with Crippen molar-refractivity contribution in [3.8, 4) is 22.8 Å². The van der Waals surface area contributed by atoms with Crippen LogP contribution < -0.4 is 20.3 Å². The summed E-state index contributed by atoms with van der Waals surface area (Å²) in [5.41, 5.74) is 0.411. The minimum absolute atomic E-state index is 0.242. The predicted molar refractivity (Wildman–Crippen MR) is 102 cm³/mol.